The van der Waals surface area contributed by atoms with Crippen LogP contribution in [0, 0.1) is 6.92 Å². The fourth-order valence-corrected chi connectivity index (χ4v) is 4.58. The molecule has 0 fully saturated rings. The predicted octanol–water partition coefficient (Wildman–Crippen LogP) is 7.82. The van der Waals surface area contributed by atoms with Crippen LogP contribution in [0.5, 0.6) is 0 Å². The average Bonchev–Trinajstić information content (AvgIpc) is 3.18. The monoisotopic (exact) mass is 410 g/mol. The molecule has 0 saturated carbocycles. The first-order valence-corrected chi connectivity index (χ1v) is 10.9. The quantitative estimate of drug-likeness (QED) is 0.291. The minimum Gasteiger partial charge on any atom is -0.309 e. The molecule has 0 aliphatic rings. The Labute approximate surface area is 187 Å². The zero-order chi connectivity index (χ0) is 21.5. The molecular formula is C30H22N2. The minimum atomic E-state index is 1.13. The highest BCUT2D eigenvalue weighted by Crippen LogP contribution is 2.36. The summed E-state index contributed by atoms with van der Waals surface area (Å²) < 4.78 is 2.36. The fourth-order valence-electron chi connectivity index (χ4n) is 4.58. The number of rotatable bonds is 3. The Bertz CT molecular complexity index is 1560. The zero-order valence-corrected chi connectivity index (χ0v) is 17.9. The van der Waals surface area contributed by atoms with E-state index in [1.165, 1.54) is 49.7 Å². The molecule has 2 heteroatoms. The van der Waals surface area contributed by atoms with E-state index in [1.807, 2.05) is 18.5 Å². The lowest BCUT2D eigenvalue weighted by molar-refractivity contribution is 1.18. The van der Waals surface area contributed by atoms with Gasteiger partial charge in [0.1, 0.15) is 0 Å². The molecule has 4 aromatic carbocycles. The van der Waals surface area contributed by atoms with E-state index in [2.05, 4.69) is 114 Å². The summed E-state index contributed by atoms with van der Waals surface area (Å²) in [7, 11) is 0. The molecule has 2 aromatic heterocycles. The molecule has 0 spiro atoms. The van der Waals surface area contributed by atoms with Crippen LogP contribution in [0.25, 0.3) is 49.7 Å². The summed E-state index contributed by atoms with van der Waals surface area (Å²) in [6, 6.07) is 36.9. The summed E-state index contributed by atoms with van der Waals surface area (Å²) in [5.74, 6) is 0. The van der Waals surface area contributed by atoms with Gasteiger partial charge in [0.25, 0.3) is 0 Å². The van der Waals surface area contributed by atoms with E-state index >= 15 is 0 Å². The summed E-state index contributed by atoms with van der Waals surface area (Å²) in [6.45, 7) is 2.16. The van der Waals surface area contributed by atoms with Crippen LogP contribution >= 0.6 is 0 Å². The van der Waals surface area contributed by atoms with Crippen LogP contribution in [0.4, 0.5) is 0 Å². The van der Waals surface area contributed by atoms with Gasteiger partial charge in [0.15, 0.2) is 0 Å². The molecule has 0 bridgehead atoms. The van der Waals surface area contributed by atoms with Crippen molar-refractivity contribution in [1.29, 1.82) is 0 Å². The maximum absolute atomic E-state index is 4.28. The number of nitrogens with zero attached hydrogens (tertiary/aromatic N) is 2. The summed E-state index contributed by atoms with van der Waals surface area (Å²) in [5.41, 5.74) is 9.65. The Morgan fingerprint density at radius 1 is 0.562 bits per heavy atom. The third kappa shape index (κ3) is 3.09. The minimum absolute atomic E-state index is 1.13. The van der Waals surface area contributed by atoms with Crippen molar-refractivity contribution < 1.29 is 0 Å². The van der Waals surface area contributed by atoms with Crippen molar-refractivity contribution in [2.24, 2.45) is 0 Å². The highest BCUT2D eigenvalue weighted by molar-refractivity contribution is 6.10. The lowest BCUT2D eigenvalue weighted by Gasteiger charge is -2.09. The number of benzene rings is 4. The maximum atomic E-state index is 4.28. The SMILES string of the molecule is Cc1ccc2c(c1)c1cc(-c3cccc(-c4cccnc4)c3)ccc1n2-c1ccccc1. The summed E-state index contributed by atoms with van der Waals surface area (Å²) in [6.07, 6.45) is 3.73. The average molecular weight is 411 g/mol. The predicted molar refractivity (Wildman–Crippen MR) is 134 cm³/mol. The number of hydrogen-bond acceptors (Lipinski definition) is 1. The number of hydrogen-bond donors (Lipinski definition) is 0. The largest absolute Gasteiger partial charge is 0.309 e. The Kier molecular flexibility index (Phi) is 4.36. The Balaban J connectivity index is 1.58. The van der Waals surface area contributed by atoms with Crippen molar-refractivity contribution in [1.82, 2.24) is 9.55 Å². The van der Waals surface area contributed by atoms with Crippen molar-refractivity contribution in [2.75, 3.05) is 0 Å². The second kappa shape index (κ2) is 7.51. The van der Waals surface area contributed by atoms with E-state index in [0.29, 0.717) is 0 Å². The lowest BCUT2D eigenvalue weighted by atomic mass is 9.98. The first-order valence-electron chi connectivity index (χ1n) is 10.9. The van der Waals surface area contributed by atoms with Crippen molar-refractivity contribution in [3.63, 3.8) is 0 Å². The highest BCUT2D eigenvalue weighted by Gasteiger charge is 2.13. The van der Waals surface area contributed by atoms with Gasteiger partial charge < -0.3 is 4.57 Å². The van der Waals surface area contributed by atoms with Crippen LogP contribution in [-0.4, -0.2) is 9.55 Å². The van der Waals surface area contributed by atoms with Crippen molar-refractivity contribution >= 4 is 21.8 Å². The number of fused-ring (bicyclic) bond motifs is 3. The van der Waals surface area contributed by atoms with E-state index in [0.717, 1.165) is 5.56 Å². The summed E-state index contributed by atoms with van der Waals surface area (Å²) in [4.78, 5) is 4.28. The first kappa shape index (κ1) is 18.6. The third-order valence-corrected chi connectivity index (χ3v) is 6.13. The van der Waals surface area contributed by atoms with E-state index in [4.69, 9.17) is 0 Å². The Morgan fingerprint density at radius 2 is 1.25 bits per heavy atom. The van der Waals surface area contributed by atoms with Gasteiger partial charge in [0, 0.05) is 34.4 Å². The van der Waals surface area contributed by atoms with Crippen LogP contribution < -0.4 is 0 Å². The third-order valence-electron chi connectivity index (χ3n) is 6.13. The molecule has 0 atom stereocenters. The van der Waals surface area contributed by atoms with E-state index in [9.17, 15) is 0 Å². The highest BCUT2D eigenvalue weighted by atomic mass is 15.0. The van der Waals surface area contributed by atoms with Crippen LogP contribution in [0.3, 0.4) is 0 Å². The fraction of sp³-hybridized carbons (Fsp3) is 0.0333. The number of aromatic nitrogens is 2. The van der Waals surface area contributed by atoms with Crippen LogP contribution in [0.1, 0.15) is 5.56 Å². The van der Waals surface area contributed by atoms with Crippen molar-refractivity contribution in [3.8, 4) is 27.9 Å². The Morgan fingerprint density at radius 3 is 2.03 bits per heavy atom. The zero-order valence-electron chi connectivity index (χ0n) is 17.9. The Hall–Kier alpha value is -4.17. The molecule has 0 aliphatic heterocycles. The first-order chi connectivity index (χ1) is 15.8. The molecule has 2 nitrogen and oxygen atoms in total. The molecule has 0 amide bonds. The summed E-state index contributed by atoms with van der Waals surface area (Å²) in [5, 5.41) is 2.56. The molecule has 0 radical (unpaired) electrons. The molecular weight excluding hydrogens is 388 g/mol. The van der Waals surface area contributed by atoms with Crippen LogP contribution in [0.15, 0.2) is 116 Å². The second-order valence-electron chi connectivity index (χ2n) is 8.25. The van der Waals surface area contributed by atoms with Gasteiger partial charge in [0.2, 0.25) is 0 Å². The van der Waals surface area contributed by atoms with Crippen molar-refractivity contribution in [3.05, 3.63) is 121 Å². The van der Waals surface area contributed by atoms with E-state index < -0.39 is 0 Å². The van der Waals surface area contributed by atoms with Crippen molar-refractivity contribution in [2.45, 2.75) is 6.92 Å². The van der Waals surface area contributed by atoms with E-state index in [-0.39, 0.29) is 0 Å². The van der Waals surface area contributed by atoms with Crippen LogP contribution in [-0.2, 0) is 0 Å². The van der Waals surface area contributed by atoms with Gasteiger partial charge >= 0.3 is 0 Å². The van der Waals surface area contributed by atoms with Crippen LogP contribution in [0.2, 0.25) is 0 Å². The van der Waals surface area contributed by atoms with Gasteiger partial charge in [0.05, 0.1) is 11.0 Å². The van der Waals surface area contributed by atoms with Gasteiger partial charge in [-0.25, -0.2) is 0 Å². The lowest BCUT2D eigenvalue weighted by Crippen LogP contribution is -1.93. The standard InChI is InChI=1S/C30H22N2/c1-21-12-14-29-27(17-21)28-19-24(13-15-30(28)32(29)26-10-3-2-4-11-26)22-7-5-8-23(18-22)25-9-6-16-31-20-25/h2-20H,1H3. The molecule has 152 valence electrons. The number of para-hydroxylation sites is 1. The number of pyridine rings is 1. The molecule has 6 rings (SSSR count). The molecule has 0 unspecified atom stereocenters. The molecule has 32 heavy (non-hydrogen) atoms. The molecule has 0 saturated heterocycles. The molecule has 0 aliphatic carbocycles. The summed E-state index contributed by atoms with van der Waals surface area (Å²) >= 11 is 0. The second-order valence-corrected chi connectivity index (χ2v) is 8.25. The maximum Gasteiger partial charge on any atom is 0.0541 e. The normalized spacial score (nSPS) is 11.3. The molecule has 0 N–H and O–H groups in total. The topological polar surface area (TPSA) is 17.8 Å². The van der Waals surface area contributed by atoms with Gasteiger partial charge in [-0.05, 0) is 72.1 Å². The van der Waals surface area contributed by atoms with E-state index in [1.54, 1.807) is 0 Å². The molecule has 2 heterocycles. The van der Waals surface area contributed by atoms with Gasteiger partial charge in [-0.15, -0.1) is 0 Å². The molecule has 6 aromatic rings. The smallest absolute Gasteiger partial charge is 0.0541 e. The van der Waals surface area contributed by atoms with Gasteiger partial charge in [-0.3, -0.25) is 4.98 Å². The van der Waals surface area contributed by atoms with Gasteiger partial charge in [-0.2, -0.15) is 0 Å². The number of aryl methyl sites for hydroxylation is 1. The van der Waals surface area contributed by atoms with Gasteiger partial charge in [-0.1, -0.05) is 60.2 Å².